The van der Waals surface area contributed by atoms with Crippen molar-refractivity contribution in [3.8, 4) is 5.75 Å². The van der Waals surface area contributed by atoms with Crippen molar-refractivity contribution in [2.24, 2.45) is 5.73 Å². The van der Waals surface area contributed by atoms with Crippen molar-refractivity contribution >= 4 is 18.0 Å². The van der Waals surface area contributed by atoms with Gasteiger partial charge in [0.05, 0.1) is 198 Å². The van der Waals surface area contributed by atoms with Gasteiger partial charge in [-0.15, -0.1) is 0 Å². The molecule has 4 N–H and O–H groups in total. The molecule has 0 aliphatic carbocycles. The molecule has 2 amide bonds. The van der Waals surface area contributed by atoms with Crippen molar-refractivity contribution in [3.63, 3.8) is 0 Å². The van der Waals surface area contributed by atoms with Crippen molar-refractivity contribution in [2.45, 2.75) is 51.9 Å². The van der Waals surface area contributed by atoms with Gasteiger partial charge in [-0.2, -0.15) is 0 Å². The van der Waals surface area contributed by atoms with Crippen LogP contribution < -0.4 is 21.1 Å². The van der Waals surface area contributed by atoms with E-state index in [1.165, 1.54) is 0 Å². The van der Waals surface area contributed by atoms with Gasteiger partial charge in [0, 0.05) is 25.9 Å². The number of esters is 1. The Labute approximate surface area is 474 Å². The van der Waals surface area contributed by atoms with Crippen LogP contribution in [0.15, 0.2) is 54.6 Å². The van der Waals surface area contributed by atoms with Gasteiger partial charge in [0.2, 0.25) is 5.91 Å². The molecule has 2 aromatic rings. The molecular formula is C56H95N3O21. The zero-order chi connectivity index (χ0) is 57.5. The lowest BCUT2D eigenvalue weighted by Gasteiger charge is -2.19. The Balaban J connectivity index is 1.35. The number of alkyl carbamates (subject to hydrolysis) is 1. The Kier molecular flexibility index (Phi) is 47.5. The zero-order valence-corrected chi connectivity index (χ0v) is 47.9. The monoisotopic (exact) mass is 1150 g/mol. The third kappa shape index (κ3) is 47.4. The SMILES string of the molecule is CC(C)(C)OC(=O)NCCOCCOCCOCCOCCOCCOCCOCCOCCOCCOCCOCCOc1ccc(C[C@H](NC(=O)CCOCCOCCOCCOCCN)C(=O)OCc2ccccc2)cc1. The van der Waals surface area contributed by atoms with Crippen molar-refractivity contribution in [1.82, 2.24) is 10.6 Å². The van der Waals surface area contributed by atoms with Crippen LogP contribution in [0.4, 0.5) is 4.79 Å². The van der Waals surface area contributed by atoms with Gasteiger partial charge in [-0.25, -0.2) is 9.59 Å². The maximum absolute atomic E-state index is 13.2. The summed E-state index contributed by atoms with van der Waals surface area (Å²) in [6, 6.07) is 15.8. The quantitative estimate of drug-likeness (QED) is 0.0635. The summed E-state index contributed by atoms with van der Waals surface area (Å²) in [5.41, 5.74) is 6.51. The number of ether oxygens (including phenoxy) is 18. The van der Waals surface area contributed by atoms with Crippen molar-refractivity contribution < 1.29 is 99.6 Å². The Hall–Kier alpha value is -4.19. The fraction of sp³-hybridized carbons (Fsp3) is 0.732. The van der Waals surface area contributed by atoms with Gasteiger partial charge in [-0.1, -0.05) is 42.5 Å². The van der Waals surface area contributed by atoms with E-state index in [0.717, 1.165) is 11.1 Å². The average Bonchev–Trinajstić information content (AvgIpc) is 3.44. The molecule has 0 fully saturated rings. The second kappa shape index (κ2) is 52.9. The Morgan fingerprint density at radius 1 is 0.438 bits per heavy atom. The molecule has 0 spiro atoms. The molecule has 0 heterocycles. The average molecular weight is 1150 g/mol. The summed E-state index contributed by atoms with van der Waals surface area (Å²) in [7, 11) is 0. The molecule has 0 bridgehead atoms. The van der Waals surface area contributed by atoms with Crippen LogP contribution in [0.1, 0.15) is 38.3 Å². The van der Waals surface area contributed by atoms with Gasteiger partial charge in [0.15, 0.2) is 0 Å². The number of carbonyl (C=O) groups is 3. The van der Waals surface area contributed by atoms with E-state index in [4.69, 9.17) is 91.0 Å². The first-order valence-electron chi connectivity index (χ1n) is 27.7. The molecule has 24 heteroatoms. The number of nitrogens with two attached hydrogens (primary N) is 1. The normalized spacial score (nSPS) is 11.9. The molecule has 1 atom stereocenters. The number of hydrogen-bond donors (Lipinski definition) is 3. The van der Waals surface area contributed by atoms with E-state index in [1.807, 2.05) is 75.4 Å². The molecule has 2 rings (SSSR count). The summed E-state index contributed by atoms with van der Waals surface area (Å²) in [4.78, 5) is 37.6. The standard InChI is InChI=1S/C56H95N3O21/c1-56(2,3)80-55(62)58-15-18-65-21-24-68-27-28-69-29-30-70-31-32-71-33-34-72-35-36-73-37-38-74-39-40-75-41-42-76-43-44-77-45-46-78-51-11-9-49(10-12-51)47-52(54(61)79-48-50-7-5-4-6-8-50)59-53(60)13-16-63-19-22-66-25-26-67-23-20-64-17-14-57/h4-12,52H,13-48,57H2,1-3H3,(H,58,62)(H,59,60)/t52-/m0/s1. The van der Waals surface area contributed by atoms with Crippen LogP contribution in [-0.2, 0) is 103 Å². The van der Waals surface area contributed by atoms with Crippen molar-refractivity contribution in [2.75, 3.05) is 218 Å². The molecule has 0 aliphatic heterocycles. The highest BCUT2D eigenvalue weighted by Gasteiger charge is 2.23. The molecule has 460 valence electrons. The minimum atomic E-state index is -0.905. The van der Waals surface area contributed by atoms with Gasteiger partial charge in [0.1, 0.15) is 30.6 Å². The summed E-state index contributed by atoms with van der Waals surface area (Å²) in [6.45, 7) is 19.7. The molecule has 0 aromatic heterocycles. The molecule has 24 nitrogen and oxygen atoms in total. The molecule has 0 saturated carbocycles. The van der Waals surface area contributed by atoms with Crippen LogP contribution in [-0.4, -0.2) is 248 Å². The fourth-order valence-electron chi connectivity index (χ4n) is 6.32. The number of nitrogens with one attached hydrogen (secondary N) is 2. The largest absolute Gasteiger partial charge is 0.491 e. The van der Waals surface area contributed by atoms with Gasteiger partial charge >= 0.3 is 12.1 Å². The van der Waals surface area contributed by atoms with Gasteiger partial charge in [-0.3, -0.25) is 4.79 Å². The van der Waals surface area contributed by atoms with Crippen molar-refractivity contribution in [1.29, 1.82) is 0 Å². The Morgan fingerprint density at radius 3 is 1.19 bits per heavy atom. The number of benzene rings is 2. The van der Waals surface area contributed by atoms with E-state index in [-0.39, 0.29) is 32.0 Å². The molecule has 0 unspecified atom stereocenters. The zero-order valence-electron chi connectivity index (χ0n) is 47.9. The Bertz CT molecular complexity index is 1720. The second-order valence-corrected chi connectivity index (χ2v) is 18.1. The minimum Gasteiger partial charge on any atom is -0.491 e. The predicted molar refractivity (Wildman–Crippen MR) is 294 cm³/mol. The lowest BCUT2D eigenvalue weighted by molar-refractivity contribution is -0.149. The van der Waals surface area contributed by atoms with Crippen molar-refractivity contribution in [3.05, 3.63) is 65.7 Å². The summed E-state index contributed by atoms with van der Waals surface area (Å²) < 4.78 is 99.0. The van der Waals surface area contributed by atoms with Gasteiger partial charge in [-0.05, 0) is 44.0 Å². The van der Waals surface area contributed by atoms with Gasteiger partial charge < -0.3 is 102 Å². The van der Waals surface area contributed by atoms with Crippen LogP contribution >= 0.6 is 0 Å². The predicted octanol–water partition coefficient (Wildman–Crippen LogP) is 2.96. The molecular weight excluding hydrogens is 1050 g/mol. The van der Waals surface area contributed by atoms with Crippen LogP contribution in [0.5, 0.6) is 5.75 Å². The van der Waals surface area contributed by atoms with Gasteiger partial charge in [0.25, 0.3) is 0 Å². The summed E-state index contributed by atoms with van der Waals surface area (Å²) in [6.07, 6.45) is -0.172. The molecule has 0 aliphatic rings. The summed E-state index contributed by atoms with van der Waals surface area (Å²) in [5, 5.41) is 5.45. The first-order chi connectivity index (χ1) is 39.2. The number of carbonyl (C=O) groups excluding carboxylic acids is 3. The third-order valence-electron chi connectivity index (χ3n) is 10.2. The lowest BCUT2D eigenvalue weighted by atomic mass is 10.1. The summed E-state index contributed by atoms with van der Waals surface area (Å²) >= 11 is 0. The van der Waals surface area contributed by atoms with E-state index in [9.17, 15) is 14.4 Å². The number of hydrogen-bond acceptors (Lipinski definition) is 22. The summed E-state index contributed by atoms with van der Waals surface area (Å²) in [5.74, 6) is -0.231. The fourth-order valence-corrected chi connectivity index (χ4v) is 6.32. The molecule has 80 heavy (non-hydrogen) atoms. The maximum Gasteiger partial charge on any atom is 0.407 e. The first-order valence-corrected chi connectivity index (χ1v) is 27.7. The highest BCUT2D eigenvalue weighted by atomic mass is 16.6. The first kappa shape index (κ1) is 71.9. The van der Waals surface area contributed by atoms with E-state index in [2.05, 4.69) is 10.6 Å². The number of rotatable bonds is 57. The van der Waals surface area contributed by atoms with E-state index in [1.54, 1.807) is 0 Å². The van der Waals surface area contributed by atoms with Crippen LogP contribution in [0.25, 0.3) is 0 Å². The van der Waals surface area contributed by atoms with Crippen LogP contribution in [0.2, 0.25) is 0 Å². The maximum atomic E-state index is 13.2. The Morgan fingerprint density at radius 2 is 0.800 bits per heavy atom. The molecule has 0 saturated heterocycles. The van der Waals surface area contributed by atoms with Crippen LogP contribution in [0.3, 0.4) is 0 Å². The highest BCUT2D eigenvalue weighted by molar-refractivity contribution is 5.84. The van der Waals surface area contributed by atoms with E-state index >= 15 is 0 Å². The lowest BCUT2D eigenvalue weighted by Crippen LogP contribution is -2.43. The third-order valence-corrected chi connectivity index (χ3v) is 10.2. The molecule has 2 aromatic carbocycles. The molecule has 0 radical (unpaired) electrons. The second-order valence-electron chi connectivity index (χ2n) is 18.1. The van der Waals surface area contributed by atoms with E-state index < -0.39 is 23.7 Å². The minimum absolute atomic E-state index is 0.0653. The smallest absolute Gasteiger partial charge is 0.407 e. The van der Waals surface area contributed by atoms with Crippen LogP contribution in [0, 0.1) is 0 Å². The topological polar surface area (TPSA) is 267 Å². The highest BCUT2D eigenvalue weighted by Crippen LogP contribution is 2.15. The van der Waals surface area contributed by atoms with E-state index in [0.29, 0.717) is 217 Å². The number of amides is 2.